The van der Waals surface area contributed by atoms with Crippen LogP contribution in [0.2, 0.25) is 5.02 Å². The summed E-state index contributed by atoms with van der Waals surface area (Å²) in [6, 6.07) is 7.22. The Kier molecular flexibility index (Phi) is 4.25. The monoisotopic (exact) mass is 268 g/mol. The van der Waals surface area contributed by atoms with Crippen molar-refractivity contribution in [2.24, 2.45) is 11.8 Å². The predicted octanol–water partition coefficient (Wildman–Crippen LogP) is 2.74. The minimum atomic E-state index is -0.823. The van der Waals surface area contributed by atoms with Crippen LogP contribution in [0.15, 0.2) is 24.3 Å². The van der Waals surface area contributed by atoms with Crippen molar-refractivity contribution in [1.82, 2.24) is 0 Å². The first-order valence-corrected chi connectivity index (χ1v) is 6.61. The largest absolute Gasteiger partial charge is 0.481 e. The molecular weight excluding hydrogens is 252 g/mol. The number of carbonyl (C=O) groups is 1. The maximum atomic E-state index is 11.4. The van der Waals surface area contributed by atoms with E-state index in [1.165, 1.54) is 0 Å². The average molecular weight is 269 g/mol. The third-order valence-electron chi connectivity index (χ3n) is 3.73. The molecule has 1 aliphatic rings. The van der Waals surface area contributed by atoms with Gasteiger partial charge in [-0.1, -0.05) is 30.2 Å². The van der Waals surface area contributed by atoms with Gasteiger partial charge in [0.2, 0.25) is 0 Å². The van der Waals surface area contributed by atoms with Crippen molar-refractivity contribution in [3.63, 3.8) is 0 Å². The van der Waals surface area contributed by atoms with Gasteiger partial charge in [0.15, 0.2) is 0 Å². The van der Waals surface area contributed by atoms with Crippen LogP contribution in [0.3, 0.4) is 0 Å². The summed E-state index contributed by atoms with van der Waals surface area (Å²) in [5.41, 5.74) is 0.950. The van der Waals surface area contributed by atoms with Crippen LogP contribution in [0, 0.1) is 11.8 Å². The lowest BCUT2D eigenvalue weighted by Gasteiger charge is -2.22. The lowest BCUT2D eigenvalue weighted by Crippen LogP contribution is -2.30. The maximum Gasteiger partial charge on any atom is 0.307 e. The van der Waals surface area contributed by atoms with Gasteiger partial charge in [-0.05, 0) is 42.9 Å². The van der Waals surface area contributed by atoms with Crippen molar-refractivity contribution in [3.8, 4) is 0 Å². The molecule has 0 spiro atoms. The Balaban J connectivity index is 2.11. The molecule has 98 valence electrons. The van der Waals surface area contributed by atoms with Crippen LogP contribution >= 0.6 is 11.6 Å². The molecule has 2 rings (SSSR count). The minimum Gasteiger partial charge on any atom is -0.481 e. The van der Waals surface area contributed by atoms with Gasteiger partial charge >= 0.3 is 5.97 Å². The fourth-order valence-electron chi connectivity index (χ4n) is 2.73. The zero-order valence-corrected chi connectivity index (χ0v) is 10.8. The van der Waals surface area contributed by atoms with Gasteiger partial charge in [-0.3, -0.25) is 4.79 Å². The molecule has 1 fully saturated rings. The van der Waals surface area contributed by atoms with Crippen LogP contribution in [0.1, 0.15) is 24.8 Å². The topological polar surface area (TPSA) is 57.5 Å². The fraction of sp³-hybridized carbons (Fsp3) is 0.500. The Labute approximate surface area is 111 Å². The second kappa shape index (κ2) is 5.72. The third-order valence-corrected chi connectivity index (χ3v) is 3.99. The van der Waals surface area contributed by atoms with Crippen LogP contribution in [-0.2, 0) is 11.2 Å². The molecule has 18 heavy (non-hydrogen) atoms. The summed E-state index contributed by atoms with van der Waals surface area (Å²) in [5.74, 6) is -1.46. The SMILES string of the molecule is O=C(O)C(Cc1ccc(Cl)cc1)C1CCCC1O. The van der Waals surface area contributed by atoms with E-state index in [9.17, 15) is 15.0 Å². The van der Waals surface area contributed by atoms with Crippen LogP contribution in [-0.4, -0.2) is 22.3 Å². The van der Waals surface area contributed by atoms with E-state index >= 15 is 0 Å². The molecular formula is C14H17ClO3. The Morgan fingerprint density at radius 1 is 1.33 bits per heavy atom. The molecule has 1 aromatic rings. The first-order valence-electron chi connectivity index (χ1n) is 6.23. The zero-order chi connectivity index (χ0) is 13.1. The highest BCUT2D eigenvalue weighted by Crippen LogP contribution is 2.34. The zero-order valence-electron chi connectivity index (χ0n) is 10.1. The number of hydrogen-bond acceptors (Lipinski definition) is 2. The second-order valence-electron chi connectivity index (χ2n) is 4.94. The van der Waals surface area contributed by atoms with E-state index in [1.54, 1.807) is 12.1 Å². The van der Waals surface area contributed by atoms with Crippen LogP contribution in [0.25, 0.3) is 0 Å². The van der Waals surface area contributed by atoms with Gasteiger partial charge in [-0.15, -0.1) is 0 Å². The van der Waals surface area contributed by atoms with Crippen molar-refractivity contribution in [3.05, 3.63) is 34.9 Å². The van der Waals surface area contributed by atoms with E-state index in [-0.39, 0.29) is 5.92 Å². The highest BCUT2D eigenvalue weighted by Gasteiger charge is 2.36. The smallest absolute Gasteiger partial charge is 0.307 e. The van der Waals surface area contributed by atoms with Crippen molar-refractivity contribution < 1.29 is 15.0 Å². The van der Waals surface area contributed by atoms with E-state index < -0.39 is 18.0 Å². The van der Waals surface area contributed by atoms with Gasteiger partial charge in [0.25, 0.3) is 0 Å². The normalized spacial score (nSPS) is 25.0. The molecule has 3 unspecified atom stereocenters. The fourth-order valence-corrected chi connectivity index (χ4v) is 2.86. The van der Waals surface area contributed by atoms with Crippen LogP contribution in [0.5, 0.6) is 0 Å². The Hall–Kier alpha value is -1.06. The molecule has 3 nitrogen and oxygen atoms in total. The molecule has 0 amide bonds. The second-order valence-corrected chi connectivity index (χ2v) is 5.37. The molecule has 0 radical (unpaired) electrons. The number of rotatable bonds is 4. The standard InChI is InChI=1S/C14H17ClO3/c15-10-6-4-9(5-7-10)8-12(14(17)18)11-2-1-3-13(11)16/h4-7,11-13,16H,1-3,8H2,(H,17,18). The summed E-state index contributed by atoms with van der Waals surface area (Å²) >= 11 is 5.80. The summed E-state index contributed by atoms with van der Waals surface area (Å²) in [6.45, 7) is 0. The highest BCUT2D eigenvalue weighted by atomic mass is 35.5. The molecule has 4 heteroatoms. The van der Waals surface area contributed by atoms with Gasteiger partial charge in [-0.2, -0.15) is 0 Å². The number of aliphatic hydroxyl groups excluding tert-OH is 1. The van der Waals surface area contributed by atoms with Crippen LogP contribution in [0.4, 0.5) is 0 Å². The van der Waals surface area contributed by atoms with Crippen molar-refractivity contribution in [1.29, 1.82) is 0 Å². The van der Waals surface area contributed by atoms with Gasteiger partial charge in [0.05, 0.1) is 12.0 Å². The van der Waals surface area contributed by atoms with Gasteiger partial charge in [0.1, 0.15) is 0 Å². The third kappa shape index (κ3) is 3.03. The van der Waals surface area contributed by atoms with E-state index in [0.717, 1.165) is 24.8 Å². The summed E-state index contributed by atoms with van der Waals surface area (Å²) in [7, 11) is 0. The number of aliphatic carboxylic acids is 1. The maximum absolute atomic E-state index is 11.4. The van der Waals surface area contributed by atoms with Crippen LogP contribution < -0.4 is 0 Å². The number of halogens is 1. The molecule has 0 heterocycles. The van der Waals surface area contributed by atoms with E-state index in [2.05, 4.69) is 0 Å². The van der Waals surface area contributed by atoms with Crippen molar-refractivity contribution in [2.75, 3.05) is 0 Å². The molecule has 0 aliphatic heterocycles. The first kappa shape index (κ1) is 13.4. The minimum absolute atomic E-state index is 0.127. The van der Waals surface area contributed by atoms with E-state index in [4.69, 9.17) is 11.6 Å². The number of hydrogen-bond donors (Lipinski definition) is 2. The highest BCUT2D eigenvalue weighted by molar-refractivity contribution is 6.30. The summed E-state index contributed by atoms with van der Waals surface area (Å²) in [5, 5.41) is 19.8. The molecule has 3 atom stereocenters. The lowest BCUT2D eigenvalue weighted by atomic mass is 9.84. The quantitative estimate of drug-likeness (QED) is 0.883. The number of benzene rings is 1. The number of aliphatic hydroxyl groups is 1. The number of carboxylic acids is 1. The van der Waals surface area contributed by atoms with Gasteiger partial charge in [-0.25, -0.2) is 0 Å². The summed E-state index contributed by atoms with van der Waals surface area (Å²) < 4.78 is 0. The molecule has 2 N–H and O–H groups in total. The van der Waals surface area contributed by atoms with E-state index in [1.807, 2.05) is 12.1 Å². The Morgan fingerprint density at radius 3 is 2.50 bits per heavy atom. The first-order chi connectivity index (χ1) is 8.58. The Morgan fingerprint density at radius 2 is 2.00 bits per heavy atom. The molecule has 1 saturated carbocycles. The van der Waals surface area contributed by atoms with Crippen molar-refractivity contribution in [2.45, 2.75) is 31.8 Å². The lowest BCUT2D eigenvalue weighted by molar-refractivity contribution is -0.145. The van der Waals surface area contributed by atoms with E-state index in [0.29, 0.717) is 11.4 Å². The molecule has 0 aromatic heterocycles. The molecule has 0 bridgehead atoms. The summed E-state index contributed by atoms with van der Waals surface area (Å²) in [4.78, 5) is 11.4. The Bertz CT molecular complexity index is 416. The molecule has 1 aromatic carbocycles. The number of carboxylic acid groups (broad SMARTS) is 1. The molecule has 0 saturated heterocycles. The van der Waals surface area contributed by atoms with Crippen molar-refractivity contribution >= 4 is 17.6 Å². The summed E-state index contributed by atoms with van der Waals surface area (Å²) in [6.07, 6.45) is 2.41. The predicted molar refractivity (Wildman–Crippen MR) is 69.6 cm³/mol. The van der Waals surface area contributed by atoms with Gasteiger partial charge < -0.3 is 10.2 Å². The molecule has 1 aliphatic carbocycles. The average Bonchev–Trinajstić information content (AvgIpc) is 2.74. The van der Waals surface area contributed by atoms with Gasteiger partial charge in [0, 0.05) is 5.02 Å².